The Bertz CT molecular complexity index is 1080. The molecule has 148 valence electrons. The van der Waals surface area contributed by atoms with Crippen molar-refractivity contribution in [2.45, 2.75) is 6.92 Å². The number of aromatic carboxylic acids is 1. The number of carbonyl (C=O) groups excluding carboxylic acids is 1. The molecule has 2 N–H and O–H groups in total. The van der Waals surface area contributed by atoms with Crippen LogP contribution in [-0.4, -0.2) is 37.3 Å². The first kappa shape index (κ1) is 19.9. The molecule has 1 heterocycles. The van der Waals surface area contributed by atoms with Gasteiger partial charge in [0.25, 0.3) is 5.91 Å². The molecule has 3 rings (SSSR count). The second-order valence-electron chi connectivity index (χ2n) is 6.68. The Hall–Kier alpha value is -3.87. The van der Waals surface area contributed by atoms with Gasteiger partial charge in [0.05, 0.1) is 11.8 Å². The van der Waals surface area contributed by atoms with Crippen LogP contribution in [0.5, 0.6) is 0 Å². The Kier molecular flexibility index (Phi) is 5.78. The van der Waals surface area contributed by atoms with Gasteiger partial charge in [0.15, 0.2) is 0 Å². The van der Waals surface area contributed by atoms with Gasteiger partial charge in [0.1, 0.15) is 11.5 Å². The van der Waals surface area contributed by atoms with Gasteiger partial charge < -0.3 is 14.4 Å². The third-order valence-corrected chi connectivity index (χ3v) is 4.36. The zero-order valence-electron chi connectivity index (χ0n) is 16.3. The summed E-state index contributed by atoms with van der Waals surface area (Å²) in [6, 6.07) is 15.7. The van der Waals surface area contributed by atoms with Crippen LogP contribution in [-0.2, 0) is 0 Å². The molecule has 2 aromatic carbocycles. The van der Waals surface area contributed by atoms with E-state index < -0.39 is 5.97 Å². The van der Waals surface area contributed by atoms with Crippen molar-refractivity contribution < 1.29 is 19.1 Å². The summed E-state index contributed by atoms with van der Waals surface area (Å²) in [5.41, 5.74) is 5.43. The lowest BCUT2D eigenvalue weighted by atomic mass is 10.0. The summed E-state index contributed by atoms with van der Waals surface area (Å²) in [5.74, 6) is -0.376. The van der Waals surface area contributed by atoms with E-state index >= 15 is 0 Å². The Labute approximate surface area is 168 Å². The smallest absolute Gasteiger partial charge is 0.335 e. The van der Waals surface area contributed by atoms with Crippen LogP contribution >= 0.6 is 0 Å². The first-order valence-electron chi connectivity index (χ1n) is 8.90. The molecule has 7 heteroatoms. The van der Waals surface area contributed by atoms with Gasteiger partial charge in [-0.2, -0.15) is 5.10 Å². The lowest BCUT2D eigenvalue weighted by Crippen LogP contribution is -2.18. The van der Waals surface area contributed by atoms with Crippen LogP contribution in [0, 0.1) is 6.92 Å². The number of carboxylic acids is 1. The number of hydrogen-bond acceptors (Lipinski definition) is 5. The molecule has 29 heavy (non-hydrogen) atoms. The number of aryl methyl sites for hydroxylation is 1. The van der Waals surface area contributed by atoms with E-state index in [1.165, 1.54) is 6.21 Å². The van der Waals surface area contributed by atoms with Gasteiger partial charge in [0.2, 0.25) is 0 Å². The van der Waals surface area contributed by atoms with Crippen LogP contribution in [0.1, 0.15) is 32.0 Å². The first-order valence-corrected chi connectivity index (χ1v) is 8.90. The number of carbonyl (C=O) groups is 2. The van der Waals surface area contributed by atoms with E-state index in [9.17, 15) is 14.7 Å². The summed E-state index contributed by atoms with van der Waals surface area (Å²) in [7, 11) is 3.80. The molecule has 3 aromatic rings. The highest BCUT2D eigenvalue weighted by Crippen LogP contribution is 2.24. The van der Waals surface area contributed by atoms with Crippen molar-refractivity contribution in [2.75, 3.05) is 19.0 Å². The molecule has 0 unspecified atom stereocenters. The number of anilines is 1. The highest BCUT2D eigenvalue weighted by atomic mass is 16.4. The van der Waals surface area contributed by atoms with Gasteiger partial charge in [-0.15, -0.1) is 0 Å². The summed E-state index contributed by atoms with van der Waals surface area (Å²) >= 11 is 0. The van der Waals surface area contributed by atoms with Crippen molar-refractivity contribution >= 4 is 23.8 Å². The van der Waals surface area contributed by atoms with Gasteiger partial charge in [-0.1, -0.05) is 18.2 Å². The number of nitrogens with zero attached hydrogens (tertiary/aromatic N) is 2. The van der Waals surface area contributed by atoms with E-state index in [2.05, 4.69) is 10.5 Å². The standard InChI is InChI=1S/C22H21N3O4/c1-14-7-8-15(12-19(14)22(27)28)20-10-9-18(29-20)13-23-24-21(26)16-5-4-6-17(11-16)25(2)3/h4-13H,1-3H3,(H,24,26)(H,27,28)/b23-13+. The monoisotopic (exact) mass is 391 g/mol. The lowest BCUT2D eigenvalue weighted by molar-refractivity contribution is 0.0696. The summed E-state index contributed by atoms with van der Waals surface area (Å²) in [4.78, 5) is 25.4. The van der Waals surface area contributed by atoms with Gasteiger partial charge in [-0.05, 0) is 48.9 Å². The minimum absolute atomic E-state index is 0.223. The second-order valence-corrected chi connectivity index (χ2v) is 6.68. The number of furan rings is 1. The normalized spacial score (nSPS) is 10.9. The van der Waals surface area contributed by atoms with Crippen molar-refractivity contribution in [1.82, 2.24) is 5.43 Å². The van der Waals surface area contributed by atoms with E-state index in [4.69, 9.17) is 4.42 Å². The van der Waals surface area contributed by atoms with Crippen LogP contribution in [0.25, 0.3) is 11.3 Å². The fraction of sp³-hybridized carbons (Fsp3) is 0.136. The summed E-state index contributed by atoms with van der Waals surface area (Å²) < 4.78 is 5.68. The zero-order valence-corrected chi connectivity index (χ0v) is 16.3. The Morgan fingerprint density at radius 2 is 1.90 bits per heavy atom. The molecule has 7 nitrogen and oxygen atoms in total. The van der Waals surface area contributed by atoms with Gasteiger partial charge in [-0.3, -0.25) is 4.79 Å². The Morgan fingerprint density at radius 3 is 2.62 bits per heavy atom. The number of benzene rings is 2. The SMILES string of the molecule is Cc1ccc(-c2ccc(/C=N/NC(=O)c3cccc(N(C)C)c3)o2)cc1C(=O)O. The maximum atomic E-state index is 12.2. The van der Waals surface area contributed by atoms with Crippen molar-refractivity contribution in [3.63, 3.8) is 0 Å². The molecule has 1 amide bonds. The first-order chi connectivity index (χ1) is 13.8. The van der Waals surface area contributed by atoms with Gasteiger partial charge in [0, 0.05) is 30.9 Å². The average Bonchev–Trinajstić information content (AvgIpc) is 3.17. The molecule has 0 saturated heterocycles. The molecule has 0 bridgehead atoms. The van der Waals surface area contributed by atoms with E-state index in [1.807, 2.05) is 25.1 Å². The molecule has 0 aliphatic carbocycles. The topological polar surface area (TPSA) is 95.1 Å². The third kappa shape index (κ3) is 4.70. The van der Waals surface area contributed by atoms with Crippen molar-refractivity contribution in [1.29, 1.82) is 0 Å². The number of nitrogens with one attached hydrogen (secondary N) is 1. The maximum absolute atomic E-state index is 12.2. The maximum Gasteiger partial charge on any atom is 0.335 e. The molecule has 0 radical (unpaired) electrons. The number of rotatable bonds is 6. The number of amides is 1. The molecule has 0 spiro atoms. The number of hydrazone groups is 1. The Morgan fingerprint density at radius 1 is 1.10 bits per heavy atom. The van der Waals surface area contributed by atoms with E-state index in [0.29, 0.717) is 28.2 Å². The molecule has 1 aromatic heterocycles. The van der Waals surface area contributed by atoms with Gasteiger partial charge in [-0.25, -0.2) is 10.2 Å². The van der Waals surface area contributed by atoms with Crippen LogP contribution in [0.2, 0.25) is 0 Å². The zero-order chi connectivity index (χ0) is 21.0. The number of carboxylic acid groups (broad SMARTS) is 1. The summed E-state index contributed by atoms with van der Waals surface area (Å²) in [6.45, 7) is 1.74. The second kappa shape index (κ2) is 8.43. The quantitative estimate of drug-likeness (QED) is 0.492. The molecule has 0 aliphatic heterocycles. The van der Waals surface area contributed by atoms with Crippen LogP contribution in [0.15, 0.2) is 64.1 Å². The Balaban J connectivity index is 1.70. The third-order valence-electron chi connectivity index (χ3n) is 4.36. The van der Waals surface area contributed by atoms with E-state index in [1.54, 1.807) is 55.5 Å². The van der Waals surface area contributed by atoms with Gasteiger partial charge >= 0.3 is 5.97 Å². The molecule has 0 aliphatic rings. The molecule has 0 fully saturated rings. The van der Waals surface area contributed by atoms with Crippen LogP contribution in [0.3, 0.4) is 0 Å². The molecule has 0 atom stereocenters. The van der Waals surface area contributed by atoms with Crippen LogP contribution in [0.4, 0.5) is 5.69 Å². The van der Waals surface area contributed by atoms with E-state index in [0.717, 1.165) is 5.69 Å². The highest BCUT2D eigenvalue weighted by Gasteiger charge is 2.11. The fourth-order valence-corrected chi connectivity index (χ4v) is 2.73. The molecular weight excluding hydrogens is 370 g/mol. The molecular formula is C22H21N3O4. The van der Waals surface area contributed by atoms with Crippen LogP contribution < -0.4 is 10.3 Å². The lowest BCUT2D eigenvalue weighted by Gasteiger charge is -2.12. The molecule has 0 saturated carbocycles. The van der Waals surface area contributed by atoms with Crippen molar-refractivity contribution in [3.05, 3.63) is 77.0 Å². The largest absolute Gasteiger partial charge is 0.478 e. The predicted molar refractivity (Wildman–Crippen MR) is 112 cm³/mol. The number of hydrogen-bond donors (Lipinski definition) is 2. The fourth-order valence-electron chi connectivity index (χ4n) is 2.73. The van der Waals surface area contributed by atoms with Crippen molar-refractivity contribution in [2.24, 2.45) is 5.10 Å². The predicted octanol–water partition coefficient (Wildman–Crippen LogP) is 3.78. The van der Waals surface area contributed by atoms with Crippen molar-refractivity contribution in [3.8, 4) is 11.3 Å². The minimum atomic E-state index is -0.987. The summed E-state index contributed by atoms with van der Waals surface area (Å²) in [6.07, 6.45) is 1.39. The van der Waals surface area contributed by atoms with E-state index in [-0.39, 0.29) is 11.5 Å². The summed E-state index contributed by atoms with van der Waals surface area (Å²) in [5, 5.41) is 13.2. The minimum Gasteiger partial charge on any atom is -0.478 e. The average molecular weight is 391 g/mol. The highest BCUT2D eigenvalue weighted by molar-refractivity contribution is 5.95.